The Balaban J connectivity index is 1.27. The van der Waals surface area contributed by atoms with Crippen LogP contribution < -0.4 is 10.1 Å². The summed E-state index contributed by atoms with van der Waals surface area (Å²) in [6, 6.07) is 7.64. The minimum atomic E-state index is -0.0756. The molecule has 2 aromatic heterocycles. The van der Waals surface area contributed by atoms with Gasteiger partial charge in [0.05, 0.1) is 12.8 Å². The van der Waals surface area contributed by atoms with Gasteiger partial charge in [-0.2, -0.15) is 5.10 Å². The zero-order valence-corrected chi connectivity index (χ0v) is 21.5. The standard InChI is InChI=1S/C27H37N5O3/c1-6-32-19(4)23(18(3)30-32)9-12-28-26(33)17(2)20-10-13-31(14-11-20)27(34)25-15-21-7-8-22(35-5)16-24(21)29-25/h7-8,15-17,20,29H,6,9-14H2,1-5H3,(H,28,33). The zero-order chi connectivity index (χ0) is 25.1. The van der Waals surface area contributed by atoms with Crippen molar-refractivity contribution in [1.29, 1.82) is 0 Å². The fourth-order valence-corrected chi connectivity index (χ4v) is 5.21. The number of carbonyl (C=O) groups is 2. The minimum Gasteiger partial charge on any atom is -0.497 e. The number of hydrogen-bond donors (Lipinski definition) is 2. The van der Waals surface area contributed by atoms with Crippen molar-refractivity contribution >= 4 is 22.7 Å². The van der Waals surface area contributed by atoms with Crippen LogP contribution in [0, 0.1) is 25.7 Å². The second-order valence-corrected chi connectivity index (χ2v) is 9.56. The maximum atomic E-state index is 13.1. The number of aromatic nitrogens is 3. The molecule has 1 aliphatic heterocycles. The Morgan fingerprint density at radius 1 is 1.23 bits per heavy atom. The minimum absolute atomic E-state index is 0.00841. The van der Waals surface area contributed by atoms with Gasteiger partial charge in [0.15, 0.2) is 0 Å². The van der Waals surface area contributed by atoms with E-state index in [4.69, 9.17) is 4.74 Å². The molecule has 188 valence electrons. The van der Waals surface area contributed by atoms with Gasteiger partial charge in [0.25, 0.3) is 5.91 Å². The highest BCUT2D eigenvalue weighted by atomic mass is 16.5. The summed E-state index contributed by atoms with van der Waals surface area (Å²) in [4.78, 5) is 31.0. The van der Waals surface area contributed by atoms with Gasteiger partial charge in [-0.05, 0) is 69.7 Å². The molecule has 2 N–H and O–H groups in total. The van der Waals surface area contributed by atoms with E-state index in [1.165, 1.54) is 11.3 Å². The Morgan fingerprint density at radius 2 is 1.97 bits per heavy atom. The van der Waals surface area contributed by atoms with E-state index in [1.807, 2.05) is 47.7 Å². The van der Waals surface area contributed by atoms with Crippen molar-refractivity contribution < 1.29 is 14.3 Å². The average molecular weight is 480 g/mol. The first-order chi connectivity index (χ1) is 16.8. The van der Waals surface area contributed by atoms with E-state index in [9.17, 15) is 9.59 Å². The number of benzene rings is 1. The lowest BCUT2D eigenvalue weighted by atomic mass is 9.84. The van der Waals surface area contributed by atoms with Crippen LogP contribution in [0.25, 0.3) is 10.9 Å². The number of nitrogens with one attached hydrogen (secondary N) is 2. The van der Waals surface area contributed by atoms with Gasteiger partial charge in [-0.3, -0.25) is 14.3 Å². The molecule has 1 aromatic carbocycles. The van der Waals surface area contributed by atoms with Gasteiger partial charge >= 0.3 is 0 Å². The number of ether oxygens (including phenoxy) is 1. The largest absolute Gasteiger partial charge is 0.497 e. The molecule has 1 saturated heterocycles. The van der Waals surface area contributed by atoms with Crippen molar-refractivity contribution in [3.63, 3.8) is 0 Å². The van der Waals surface area contributed by atoms with Crippen LogP contribution in [0.4, 0.5) is 0 Å². The molecule has 4 rings (SSSR count). The highest BCUT2D eigenvalue weighted by molar-refractivity contribution is 5.98. The van der Waals surface area contributed by atoms with Crippen LogP contribution in [0.3, 0.4) is 0 Å². The van der Waals surface area contributed by atoms with Crippen LogP contribution in [0.2, 0.25) is 0 Å². The Hall–Kier alpha value is -3.29. The van der Waals surface area contributed by atoms with Crippen LogP contribution in [-0.2, 0) is 17.8 Å². The lowest BCUT2D eigenvalue weighted by Crippen LogP contribution is -2.43. The Bertz CT molecular complexity index is 1200. The van der Waals surface area contributed by atoms with Crippen molar-refractivity contribution in [3.8, 4) is 5.75 Å². The molecule has 2 amide bonds. The quantitative estimate of drug-likeness (QED) is 0.513. The third-order valence-corrected chi connectivity index (χ3v) is 7.51. The van der Waals surface area contributed by atoms with E-state index >= 15 is 0 Å². The summed E-state index contributed by atoms with van der Waals surface area (Å²) < 4.78 is 7.28. The summed E-state index contributed by atoms with van der Waals surface area (Å²) in [5, 5.41) is 8.67. The SMILES string of the molecule is CCn1nc(C)c(CCNC(=O)C(C)C2CCN(C(=O)c3cc4ccc(OC)cc4[nH]3)CC2)c1C. The molecule has 1 fully saturated rings. The molecule has 0 radical (unpaired) electrons. The summed E-state index contributed by atoms with van der Waals surface area (Å²) in [6.07, 6.45) is 2.45. The number of H-pyrrole nitrogens is 1. The topological polar surface area (TPSA) is 92.2 Å². The second-order valence-electron chi connectivity index (χ2n) is 9.56. The van der Waals surface area contributed by atoms with E-state index in [1.54, 1.807) is 7.11 Å². The molecule has 8 nitrogen and oxygen atoms in total. The first kappa shape index (κ1) is 24.8. The maximum absolute atomic E-state index is 13.1. The number of hydrogen-bond acceptors (Lipinski definition) is 4. The highest BCUT2D eigenvalue weighted by Gasteiger charge is 2.30. The van der Waals surface area contributed by atoms with E-state index in [0.717, 1.165) is 48.2 Å². The molecule has 0 aliphatic carbocycles. The van der Waals surface area contributed by atoms with Gasteiger partial charge in [-0.25, -0.2) is 0 Å². The van der Waals surface area contributed by atoms with Gasteiger partial charge in [0, 0.05) is 54.8 Å². The van der Waals surface area contributed by atoms with Crippen LogP contribution in [0.5, 0.6) is 5.75 Å². The predicted molar refractivity (Wildman–Crippen MR) is 137 cm³/mol. The third-order valence-electron chi connectivity index (χ3n) is 7.51. The van der Waals surface area contributed by atoms with Crippen molar-refractivity contribution in [1.82, 2.24) is 25.0 Å². The number of nitrogens with zero attached hydrogens (tertiary/aromatic N) is 3. The summed E-state index contributed by atoms with van der Waals surface area (Å²) in [5.41, 5.74) is 4.92. The molecule has 3 heterocycles. The van der Waals surface area contributed by atoms with Gasteiger partial charge in [0.1, 0.15) is 11.4 Å². The number of methoxy groups -OCH3 is 1. The maximum Gasteiger partial charge on any atom is 0.270 e. The summed E-state index contributed by atoms with van der Waals surface area (Å²) in [6.45, 7) is 11.0. The lowest BCUT2D eigenvalue weighted by Gasteiger charge is -2.34. The molecule has 1 unspecified atom stereocenters. The third kappa shape index (κ3) is 5.21. The number of aromatic amines is 1. The number of fused-ring (bicyclic) bond motifs is 1. The van der Waals surface area contributed by atoms with Crippen LogP contribution in [-0.4, -0.2) is 58.2 Å². The number of carbonyl (C=O) groups excluding carboxylic acids is 2. The summed E-state index contributed by atoms with van der Waals surface area (Å²) in [7, 11) is 1.63. The van der Waals surface area contributed by atoms with Crippen molar-refractivity contribution in [2.75, 3.05) is 26.7 Å². The van der Waals surface area contributed by atoms with Crippen LogP contribution in [0.1, 0.15) is 54.1 Å². The number of amides is 2. The van der Waals surface area contributed by atoms with Gasteiger partial charge in [0.2, 0.25) is 5.91 Å². The highest BCUT2D eigenvalue weighted by Crippen LogP contribution is 2.27. The fraction of sp³-hybridized carbons (Fsp3) is 0.519. The fourth-order valence-electron chi connectivity index (χ4n) is 5.21. The molecule has 35 heavy (non-hydrogen) atoms. The molecular formula is C27H37N5O3. The summed E-state index contributed by atoms with van der Waals surface area (Å²) in [5.74, 6) is 1.06. The zero-order valence-electron chi connectivity index (χ0n) is 21.5. The molecule has 0 spiro atoms. The Kier molecular flexibility index (Phi) is 7.48. The molecule has 1 atom stereocenters. The number of likely N-dealkylation sites (tertiary alicyclic amines) is 1. The van der Waals surface area contributed by atoms with Crippen molar-refractivity contribution in [2.24, 2.45) is 11.8 Å². The number of piperidine rings is 1. The van der Waals surface area contributed by atoms with E-state index < -0.39 is 0 Å². The Morgan fingerprint density at radius 3 is 2.63 bits per heavy atom. The molecule has 0 bridgehead atoms. The monoisotopic (exact) mass is 479 g/mol. The van der Waals surface area contributed by atoms with Gasteiger partial charge in [-0.1, -0.05) is 6.92 Å². The van der Waals surface area contributed by atoms with Gasteiger partial charge in [-0.15, -0.1) is 0 Å². The van der Waals surface area contributed by atoms with E-state index in [-0.39, 0.29) is 23.7 Å². The van der Waals surface area contributed by atoms with Crippen LogP contribution in [0.15, 0.2) is 24.3 Å². The predicted octanol–water partition coefficient (Wildman–Crippen LogP) is 3.86. The smallest absolute Gasteiger partial charge is 0.270 e. The van der Waals surface area contributed by atoms with Gasteiger partial charge < -0.3 is 19.9 Å². The first-order valence-corrected chi connectivity index (χ1v) is 12.6. The van der Waals surface area contributed by atoms with E-state index in [2.05, 4.69) is 29.2 Å². The molecular weight excluding hydrogens is 442 g/mol. The number of rotatable bonds is 8. The van der Waals surface area contributed by atoms with E-state index in [0.29, 0.717) is 25.3 Å². The van der Waals surface area contributed by atoms with Crippen molar-refractivity contribution in [3.05, 3.63) is 46.9 Å². The first-order valence-electron chi connectivity index (χ1n) is 12.6. The average Bonchev–Trinajstić information content (AvgIpc) is 3.43. The normalized spacial score (nSPS) is 15.4. The molecule has 8 heteroatoms. The molecule has 0 saturated carbocycles. The number of aryl methyl sites for hydroxylation is 2. The summed E-state index contributed by atoms with van der Waals surface area (Å²) >= 11 is 0. The van der Waals surface area contributed by atoms with Crippen LogP contribution >= 0.6 is 0 Å². The molecule has 1 aliphatic rings. The second kappa shape index (κ2) is 10.5. The lowest BCUT2D eigenvalue weighted by molar-refractivity contribution is -0.126. The Labute approximate surface area is 207 Å². The van der Waals surface area contributed by atoms with Crippen molar-refractivity contribution in [2.45, 2.75) is 53.5 Å². The molecule has 3 aromatic rings.